The lowest BCUT2D eigenvalue weighted by Crippen LogP contribution is -2.07. The molecule has 0 heterocycles. The number of hydrogen-bond donors (Lipinski definition) is 1. The molecule has 0 aliphatic carbocycles. The van der Waals surface area contributed by atoms with E-state index in [0.29, 0.717) is 16.6 Å². The van der Waals surface area contributed by atoms with Crippen molar-refractivity contribution < 1.29 is 13.5 Å². The summed E-state index contributed by atoms with van der Waals surface area (Å²) >= 11 is 3.25. The fourth-order valence-electron chi connectivity index (χ4n) is 1.66. The van der Waals surface area contributed by atoms with Gasteiger partial charge in [0.15, 0.2) is 11.6 Å². The number of ether oxygens (including phenoxy) is 1. The summed E-state index contributed by atoms with van der Waals surface area (Å²) in [5, 5.41) is 2.93. The minimum atomic E-state index is -0.482. The summed E-state index contributed by atoms with van der Waals surface area (Å²) in [6.45, 7) is 0.458. The van der Waals surface area contributed by atoms with Gasteiger partial charge in [0.1, 0.15) is 11.6 Å². The molecule has 0 unspecified atom stereocenters. The Morgan fingerprint density at radius 2 is 2.00 bits per heavy atom. The second-order valence-electron chi connectivity index (χ2n) is 3.94. The van der Waals surface area contributed by atoms with E-state index in [1.165, 1.54) is 24.3 Å². The van der Waals surface area contributed by atoms with Gasteiger partial charge >= 0.3 is 0 Å². The van der Waals surface area contributed by atoms with Gasteiger partial charge in [-0.3, -0.25) is 0 Å². The molecule has 2 rings (SSSR count). The first kappa shape index (κ1) is 14.0. The molecule has 19 heavy (non-hydrogen) atoms. The molecule has 0 spiro atoms. The highest BCUT2D eigenvalue weighted by atomic mass is 79.9. The molecular formula is C14H12BrF2NO. The van der Waals surface area contributed by atoms with Crippen LogP contribution in [0.2, 0.25) is 0 Å². The van der Waals surface area contributed by atoms with Crippen LogP contribution in [0.3, 0.4) is 0 Å². The van der Waals surface area contributed by atoms with E-state index in [1.807, 2.05) is 0 Å². The lowest BCUT2D eigenvalue weighted by atomic mass is 10.2. The van der Waals surface area contributed by atoms with E-state index < -0.39 is 11.6 Å². The molecule has 0 atom stereocenters. The SMILES string of the molecule is CNCc1cccc(F)c1Oc1cc(F)ccc1Br. The zero-order valence-corrected chi connectivity index (χ0v) is 11.8. The minimum absolute atomic E-state index is 0.100. The normalized spacial score (nSPS) is 10.5. The van der Waals surface area contributed by atoms with Gasteiger partial charge in [0.25, 0.3) is 0 Å². The Hall–Kier alpha value is -1.46. The average molecular weight is 328 g/mol. The molecule has 0 bridgehead atoms. The Morgan fingerprint density at radius 3 is 2.74 bits per heavy atom. The van der Waals surface area contributed by atoms with Crippen LogP contribution in [0.15, 0.2) is 40.9 Å². The van der Waals surface area contributed by atoms with Gasteiger partial charge in [-0.2, -0.15) is 0 Å². The van der Waals surface area contributed by atoms with Crippen molar-refractivity contribution in [3.8, 4) is 11.5 Å². The predicted molar refractivity (Wildman–Crippen MR) is 73.3 cm³/mol. The summed E-state index contributed by atoms with van der Waals surface area (Å²) in [4.78, 5) is 0. The molecule has 2 nitrogen and oxygen atoms in total. The summed E-state index contributed by atoms with van der Waals surface area (Å²) < 4.78 is 33.1. The summed E-state index contributed by atoms with van der Waals surface area (Å²) in [5.74, 6) is -0.584. The van der Waals surface area contributed by atoms with E-state index in [4.69, 9.17) is 4.74 Å². The zero-order valence-electron chi connectivity index (χ0n) is 10.2. The molecule has 5 heteroatoms. The maximum Gasteiger partial charge on any atom is 0.167 e. The lowest BCUT2D eigenvalue weighted by molar-refractivity contribution is 0.429. The van der Waals surface area contributed by atoms with Gasteiger partial charge in [-0.15, -0.1) is 0 Å². The Morgan fingerprint density at radius 1 is 1.21 bits per heavy atom. The van der Waals surface area contributed by atoms with E-state index in [1.54, 1.807) is 19.2 Å². The maximum absolute atomic E-state index is 13.8. The molecule has 0 fully saturated rings. The zero-order chi connectivity index (χ0) is 13.8. The van der Waals surface area contributed by atoms with Crippen molar-refractivity contribution in [2.75, 3.05) is 7.05 Å². The Kier molecular flexibility index (Phi) is 4.50. The van der Waals surface area contributed by atoms with Crippen molar-refractivity contribution >= 4 is 15.9 Å². The van der Waals surface area contributed by atoms with Crippen molar-refractivity contribution in [1.29, 1.82) is 0 Å². The maximum atomic E-state index is 13.8. The van der Waals surface area contributed by atoms with Crippen LogP contribution in [0, 0.1) is 11.6 Å². The van der Waals surface area contributed by atoms with Crippen LogP contribution < -0.4 is 10.1 Å². The first-order chi connectivity index (χ1) is 9.11. The third-order valence-electron chi connectivity index (χ3n) is 2.52. The molecule has 0 saturated heterocycles. The first-order valence-corrected chi connectivity index (χ1v) is 6.46. The number of para-hydroxylation sites is 1. The Bertz CT molecular complexity index is 590. The number of nitrogens with one attached hydrogen (secondary N) is 1. The van der Waals surface area contributed by atoms with Gasteiger partial charge in [0.05, 0.1) is 4.47 Å². The molecule has 2 aromatic carbocycles. The van der Waals surface area contributed by atoms with Gasteiger partial charge in [-0.1, -0.05) is 12.1 Å². The summed E-state index contributed by atoms with van der Waals surface area (Å²) in [5.41, 5.74) is 0.665. The van der Waals surface area contributed by atoms with Crippen molar-refractivity contribution in [2.24, 2.45) is 0 Å². The van der Waals surface area contributed by atoms with Crippen LogP contribution >= 0.6 is 15.9 Å². The summed E-state index contributed by atoms with van der Waals surface area (Å²) in [7, 11) is 1.76. The topological polar surface area (TPSA) is 21.3 Å². The van der Waals surface area contributed by atoms with Crippen molar-refractivity contribution in [3.63, 3.8) is 0 Å². The predicted octanol–water partition coefficient (Wildman–Crippen LogP) is 4.24. The monoisotopic (exact) mass is 327 g/mol. The highest BCUT2D eigenvalue weighted by Crippen LogP contribution is 2.33. The fraction of sp³-hybridized carbons (Fsp3) is 0.143. The number of rotatable bonds is 4. The second-order valence-corrected chi connectivity index (χ2v) is 4.79. The van der Waals surface area contributed by atoms with Gasteiger partial charge < -0.3 is 10.1 Å². The van der Waals surface area contributed by atoms with E-state index in [2.05, 4.69) is 21.2 Å². The Labute approximate surface area is 118 Å². The van der Waals surface area contributed by atoms with Gasteiger partial charge in [-0.05, 0) is 41.2 Å². The van der Waals surface area contributed by atoms with Gasteiger partial charge in [-0.25, -0.2) is 8.78 Å². The van der Waals surface area contributed by atoms with Crippen LogP contribution in [0.25, 0.3) is 0 Å². The third-order valence-corrected chi connectivity index (χ3v) is 3.18. The molecule has 2 aromatic rings. The molecule has 0 aliphatic rings. The summed E-state index contributed by atoms with van der Waals surface area (Å²) in [6.07, 6.45) is 0. The van der Waals surface area contributed by atoms with Crippen LogP contribution in [0.4, 0.5) is 8.78 Å². The highest BCUT2D eigenvalue weighted by molar-refractivity contribution is 9.10. The van der Waals surface area contributed by atoms with Gasteiger partial charge in [0.2, 0.25) is 0 Å². The molecule has 1 N–H and O–H groups in total. The van der Waals surface area contributed by atoms with Crippen LogP contribution in [-0.4, -0.2) is 7.05 Å². The summed E-state index contributed by atoms with van der Waals surface area (Å²) in [6, 6.07) is 8.69. The van der Waals surface area contributed by atoms with Crippen molar-refractivity contribution in [3.05, 3.63) is 58.1 Å². The average Bonchev–Trinajstić information content (AvgIpc) is 2.38. The van der Waals surface area contributed by atoms with E-state index in [9.17, 15) is 8.78 Å². The molecular weight excluding hydrogens is 316 g/mol. The number of halogens is 3. The van der Waals surface area contributed by atoms with Crippen LogP contribution in [0.1, 0.15) is 5.56 Å². The largest absolute Gasteiger partial charge is 0.453 e. The smallest absolute Gasteiger partial charge is 0.167 e. The fourth-order valence-corrected chi connectivity index (χ4v) is 1.99. The van der Waals surface area contributed by atoms with Crippen molar-refractivity contribution in [2.45, 2.75) is 6.54 Å². The van der Waals surface area contributed by atoms with E-state index >= 15 is 0 Å². The van der Waals surface area contributed by atoms with E-state index in [-0.39, 0.29) is 11.5 Å². The van der Waals surface area contributed by atoms with E-state index in [0.717, 1.165) is 0 Å². The first-order valence-electron chi connectivity index (χ1n) is 5.66. The standard InChI is InChI=1S/C14H12BrF2NO/c1-18-8-9-3-2-4-12(17)14(9)19-13-7-10(16)5-6-11(13)15/h2-7,18H,8H2,1H3. The Balaban J connectivity index is 2.39. The third kappa shape index (κ3) is 3.30. The molecule has 0 saturated carbocycles. The molecule has 0 radical (unpaired) electrons. The number of benzene rings is 2. The van der Waals surface area contributed by atoms with Gasteiger partial charge in [0, 0.05) is 18.2 Å². The quantitative estimate of drug-likeness (QED) is 0.906. The second kappa shape index (κ2) is 6.12. The molecule has 0 aliphatic heterocycles. The highest BCUT2D eigenvalue weighted by Gasteiger charge is 2.12. The lowest BCUT2D eigenvalue weighted by Gasteiger charge is -2.13. The molecule has 100 valence electrons. The minimum Gasteiger partial charge on any atom is -0.453 e. The van der Waals surface area contributed by atoms with Crippen molar-refractivity contribution in [1.82, 2.24) is 5.32 Å². The van der Waals surface area contributed by atoms with Crippen LogP contribution in [-0.2, 0) is 6.54 Å². The number of hydrogen-bond acceptors (Lipinski definition) is 2. The van der Waals surface area contributed by atoms with Crippen LogP contribution in [0.5, 0.6) is 11.5 Å². The molecule has 0 amide bonds. The molecule has 0 aromatic heterocycles.